The van der Waals surface area contributed by atoms with E-state index in [4.69, 9.17) is 0 Å². The van der Waals surface area contributed by atoms with Crippen LogP contribution < -0.4 is 4.90 Å². The summed E-state index contributed by atoms with van der Waals surface area (Å²) in [6.07, 6.45) is 0. The van der Waals surface area contributed by atoms with Crippen LogP contribution in [0.25, 0.3) is 0 Å². The monoisotopic (exact) mass is 234 g/mol. The van der Waals surface area contributed by atoms with Gasteiger partial charge in [-0.2, -0.15) is 0 Å². The summed E-state index contributed by atoms with van der Waals surface area (Å²) in [5.41, 5.74) is 0.987. The lowest BCUT2D eigenvalue weighted by Crippen LogP contribution is -2.61. The third-order valence-corrected chi connectivity index (χ3v) is 3.24. The second-order valence-electron chi connectivity index (χ2n) is 4.51. The molecule has 92 valence electrons. The molecule has 2 unspecified atom stereocenters. The highest BCUT2D eigenvalue weighted by molar-refractivity contribution is 5.87. The van der Waals surface area contributed by atoms with Crippen molar-refractivity contribution in [2.45, 2.75) is 19.0 Å². The van der Waals surface area contributed by atoms with Crippen molar-refractivity contribution < 1.29 is 9.90 Å². The molecule has 0 saturated carbocycles. The first-order chi connectivity index (χ1) is 8.15. The number of likely N-dealkylation sites (N-methyl/N-ethyl adjacent to an activating group) is 1. The van der Waals surface area contributed by atoms with Crippen molar-refractivity contribution in [2.24, 2.45) is 0 Å². The molecule has 1 heterocycles. The second-order valence-corrected chi connectivity index (χ2v) is 4.51. The van der Waals surface area contributed by atoms with Gasteiger partial charge in [0.25, 0.3) is 0 Å². The van der Waals surface area contributed by atoms with E-state index < -0.39 is 6.04 Å². The lowest BCUT2D eigenvalue weighted by molar-refractivity contribution is -0.134. The fourth-order valence-electron chi connectivity index (χ4n) is 2.46. The van der Waals surface area contributed by atoms with Crippen LogP contribution in [0, 0.1) is 0 Å². The molecule has 1 aliphatic heterocycles. The first kappa shape index (κ1) is 11.9. The van der Waals surface area contributed by atoms with Crippen LogP contribution >= 0.6 is 0 Å². The fraction of sp³-hybridized carbons (Fsp3) is 0.462. The molecule has 17 heavy (non-hydrogen) atoms. The smallest absolute Gasteiger partial charge is 0.247 e. The Hall–Kier alpha value is -1.55. The number of benzene rings is 1. The Bertz CT molecular complexity index is 394. The number of carbonyl (C=O) groups excluding carboxylic acids is 1. The summed E-state index contributed by atoms with van der Waals surface area (Å²) >= 11 is 0. The Balaban J connectivity index is 2.33. The van der Waals surface area contributed by atoms with E-state index in [-0.39, 0.29) is 18.6 Å². The Kier molecular flexibility index (Phi) is 3.33. The summed E-state index contributed by atoms with van der Waals surface area (Å²) < 4.78 is 0. The molecule has 2 atom stereocenters. The SMILES string of the molecule is CC1CN(C)C(=O)C(CO)N1c1ccccc1. The van der Waals surface area contributed by atoms with Gasteiger partial charge in [-0.05, 0) is 19.1 Å². The number of carbonyl (C=O) groups is 1. The van der Waals surface area contributed by atoms with Crippen molar-refractivity contribution in [1.29, 1.82) is 0 Å². The summed E-state index contributed by atoms with van der Waals surface area (Å²) in [4.78, 5) is 15.7. The molecule has 2 rings (SSSR count). The van der Waals surface area contributed by atoms with Gasteiger partial charge in [-0.1, -0.05) is 18.2 Å². The van der Waals surface area contributed by atoms with Gasteiger partial charge in [-0.25, -0.2) is 0 Å². The van der Waals surface area contributed by atoms with Crippen molar-refractivity contribution in [1.82, 2.24) is 4.90 Å². The van der Waals surface area contributed by atoms with Crippen LogP contribution in [-0.4, -0.2) is 48.2 Å². The molecular formula is C13H18N2O2. The predicted molar refractivity (Wildman–Crippen MR) is 66.9 cm³/mol. The average Bonchev–Trinajstić information content (AvgIpc) is 2.34. The van der Waals surface area contributed by atoms with E-state index >= 15 is 0 Å². The van der Waals surface area contributed by atoms with Crippen molar-refractivity contribution in [3.63, 3.8) is 0 Å². The number of aliphatic hydroxyl groups is 1. The number of piperazine rings is 1. The van der Waals surface area contributed by atoms with Gasteiger partial charge in [0.05, 0.1) is 6.61 Å². The van der Waals surface area contributed by atoms with Crippen LogP contribution in [0.2, 0.25) is 0 Å². The highest BCUT2D eigenvalue weighted by Crippen LogP contribution is 2.24. The minimum Gasteiger partial charge on any atom is -0.394 e. The lowest BCUT2D eigenvalue weighted by Gasteiger charge is -2.44. The Morgan fingerprint density at radius 2 is 2.00 bits per heavy atom. The van der Waals surface area contributed by atoms with Crippen LogP contribution in [-0.2, 0) is 4.79 Å². The third kappa shape index (κ3) is 2.13. The molecule has 0 spiro atoms. The number of amides is 1. The van der Waals surface area contributed by atoms with Gasteiger partial charge < -0.3 is 14.9 Å². The summed E-state index contributed by atoms with van der Waals surface area (Å²) in [5.74, 6) is -0.0190. The third-order valence-electron chi connectivity index (χ3n) is 3.24. The van der Waals surface area contributed by atoms with E-state index in [1.807, 2.05) is 35.2 Å². The molecule has 4 heteroatoms. The maximum absolute atomic E-state index is 12.0. The van der Waals surface area contributed by atoms with E-state index in [0.717, 1.165) is 5.69 Å². The van der Waals surface area contributed by atoms with Crippen LogP contribution in [0.3, 0.4) is 0 Å². The first-order valence-electron chi connectivity index (χ1n) is 5.84. The Morgan fingerprint density at radius 3 is 2.59 bits per heavy atom. The minimum atomic E-state index is -0.467. The zero-order chi connectivity index (χ0) is 12.4. The van der Waals surface area contributed by atoms with Gasteiger partial charge in [-0.3, -0.25) is 4.79 Å². The summed E-state index contributed by atoms with van der Waals surface area (Å²) in [5, 5.41) is 9.44. The number of aliphatic hydroxyl groups excluding tert-OH is 1. The van der Waals surface area contributed by atoms with Crippen molar-refractivity contribution in [3.8, 4) is 0 Å². The molecule has 4 nitrogen and oxygen atoms in total. The highest BCUT2D eigenvalue weighted by Gasteiger charge is 2.36. The maximum atomic E-state index is 12.0. The van der Waals surface area contributed by atoms with E-state index in [1.165, 1.54) is 0 Å². The number of para-hydroxylation sites is 1. The van der Waals surface area contributed by atoms with E-state index in [2.05, 4.69) is 6.92 Å². The largest absolute Gasteiger partial charge is 0.394 e. The number of rotatable bonds is 2. The number of anilines is 1. The van der Waals surface area contributed by atoms with Crippen molar-refractivity contribution in [3.05, 3.63) is 30.3 Å². The molecule has 0 aliphatic carbocycles. The molecule has 1 aromatic rings. The van der Waals surface area contributed by atoms with Crippen LogP contribution in [0.5, 0.6) is 0 Å². The fourth-order valence-corrected chi connectivity index (χ4v) is 2.46. The summed E-state index contributed by atoms with van der Waals surface area (Å²) in [6, 6.07) is 9.51. The standard InChI is InChI=1S/C13H18N2O2/c1-10-8-14(2)13(17)12(9-16)15(10)11-6-4-3-5-7-11/h3-7,10,12,16H,8-9H2,1-2H3. The summed E-state index contributed by atoms with van der Waals surface area (Å²) in [7, 11) is 1.78. The minimum absolute atomic E-state index is 0.0190. The highest BCUT2D eigenvalue weighted by atomic mass is 16.3. The zero-order valence-corrected chi connectivity index (χ0v) is 10.2. The van der Waals surface area contributed by atoms with Gasteiger partial charge in [-0.15, -0.1) is 0 Å². The molecule has 1 N–H and O–H groups in total. The topological polar surface area (TPSA) is 43.8 Å². The zero-order valence-electron chi connectivity index (χ0n) is 10.2. The van der Waals surface area contributed by atoms with Gasteiger partial charge in [0.15, 0.2) is 0 Å². The van der Waals surface area contributed by atoms with Gasteiger partial charge in [0.2, 0.25) is 5.91 Å². The normalized spacial score (nSPS) is 25.2. The van der Waals surface area contributed by atoms with Crippen LogP contribution in [0.4, 0.5) is 5.69 Å². The predicted octanol–water partition coefficient (Wildman–Crippen LogP) is 0.714. The quantitative estimate of drug-likeness (QED) is 0.820. The number of hydrogen-bond donors (Lipinski definition) is 1. The molecule has 0 aromatic heterocycles. The molecular weight excluding hydrogens is 216 g/mol. The van der Waals surface area contributed by atoms with E-state index in [9.17, 15) is 9.90 Å². The van der Waals surface area contributed by atoms with Gasteiger partial charge >= 0.3 is 0 Å². The molecule has 0 radical (unpaired) electrons. The molecule has 1 fully saturated rings. The lowest BCUT2D eigenvalue weighted by atomic mass is 10.1. The molecule has 1 amide bonds. The maximum Gasteiger partial charge on any atom is 0.247 e. The van der Waals surface area contributed by atoms with Crippen molar-refractivity contribution >= 4 is 11.6 Å². The first-order valence-corrected chi connectivity index (χ1v) is 5.84. The van der Waals surface area contributed by atoms with E-state index in [1.54, 1.807) is 11.9 Å². The van der Waals surface area contributed by atoms with Crippen LogP contribution in [0.1, 0.15) is 6.92 Å². The Labute approximate surface area is 101 Å². The van der Waals surface area contributed by atoms with Gasteiger partial charge in [0.1, 0.15) is 6.04 Å². The Morgan fingerprint density at radius 1 is 1.35 bits per heavy atom. The van der Waals surface area contributed by atoms with E-state index in [0.29, 0.717) is 6.54 Å². The molecule has 1 aromatic carbocycles. The van der Waals surface area contributed by atoms with Gasteiger partial charge in [0, 0.05) is 25.3 Å². The number of nitrogens with zero attached hydrogens (tertiary/aromatic N) is 2. The molecule has 1 aliphatic rings. The number of hydrogen-bond acceptors (Lipinski definition) is 3. The molecule has 0 bridgehead atoms. The van der Waals surface area contributed by atoms with Crippen LogP contribution in [0.15, 0.2) is 30.3 Å². The van der Waals surface area contributed by atoms with Crippen molar-refractivity contribution in [2.75, 3.05) is 25.1 Å². The second kappa shape index (κ2) is 4.75. The molecule has 1 saturated heterocycles. The average molecular weight is 234 g/mol. The summed E-state index contributed by atoms with van der Waals surface area (Å²) in [6.45, 7) is 2.60.